The highest BCUT2D eigenvalue weighted by Crippen LogP contribution is 2.53. The van der Waals surface area contributed by atoms with Crippen LogP contribution < -0.4 is 29.1 Å². The number of nitro benzene ring substituents is 1. The van der Waals surface area contributed by atoms with Crippen LogP contribution in [-0.4, -0.2) is 103 Å². The highest BCUT2D eigenvalue weighted by Gasteiger charge is 2.50. The van der Waals surface area contributed by atoms with E-state index in [4.69, 9.17) is 18.9 Å². The van der Waals surface area contributed by atoms with E-state index in [0.29, 0.717) is 44.2 Å². The lowest BCUT2D eigenvalue weighted by Crippen LogP contribution is -2.58. The molecule has 2 atom stereocenters. The number of morpholine rings is 1. The second-order valence-corrected chi connectivity index (χ2v) is 22.1. The van der Waals surface area contributed by atoms with Gasteiger partial charge in [0.05, 0.1) is 58.8 Å². The number of halogens is 1. The minimum absolute atomic E-state index is 0.0130. The van der Waals surface area contributed by atoms with Gasteiger partial charge < -0.3 is 39.3 Å². The number of nitrogens with one attached hydrogen (secondary N) is 3. The van der Waals surface area contributed by atoms with E-state index in [9.17, 15) is 32.8 Å². The van der Waals surface area contributed by atoms with E-state index in [1.54, 1.807) is 19.1 Å². The fourth-order valence-corrected chi connectivity index (χ4v) is 12.5. The van der Waals surface area contributed by atoms with Crippen molar-refractivity contribution in [1.29, 1.82) is 0 Å². The average Bonchev–Trinajstić information content (AvgIpc) is 3.70. The summed E-state index contributed by atoms with van der Waals surface area (Å²) in [6, 6.07) is 17.4. The predicted octanol–water partition coefficient (Wildman–Crippen LogP) is 8.59. The Hall–Kier alpha value is -6.02. The number of benzene rings is 3. The molecule has 0 radical (unpaired) electrons. The summed E-state index contributed by atoms with van der Waals surface area (Å²) in [7, 11) is -3.39. The number of hydrogen-bond donors (Lipinski definition) is 4. The molecular weight excluding hydrogens is 922 g/mol. The lowest BCUT2D eigenvalue weighted by molar-refractivity contribution is -0.384. The summed E-state index contributed by atoms with van der Waals surface area (Å²) in [5, 5.41) is 26.2. The highest BCUT2D eigenvalue weighted by molar-refractivity contribution is 7.90. The number of amides is 1. The number of fused-ring (bicyclic) bond motifs is 2. The summed E-state index contributed by atoms with van der Waals surface area (Å²) in [5.41, 5.74) is 2.40. The van der Waals surface area contributed by atoms with Crippen molar-refractivity contribution in [2.75, 3.05) is 56.8 Å². The Morgan fingerprint density at radius 2 is 1.79 bits per heavy atom. The van der Waals surface area contributed by atoms with Crippen LogP contribution in [0.2, 0.25) is 0 Å². The maximum atomic E-state index is 14.9. The number of carbonyl (C=O) groups excluding carboxylic acids is 1. The Bertz CT molecular complexity index is 2920. The van der Waals surface area contributed by atoms with E-state index < -0.39 is 42.9 Å². The number of hydrogen-bond acceptors (Lipinski definition) is 14. The van der Waals surface area contributed by atoms with Crippen LogP contribution >= 0.6 is 0 Å². The molecule has 5 aliphatic rings. The van der Waals surface area contributed by atoms with Gasteiger partial charge in [-0.3, -0.25) is 19.8 Å². The zero-order valence-corrected chi connectivity index (χ0v) is 40.7. The molecule has 2 aliphatic carbocycles. The third kappa shape index (κ3) is 9.23. The second kappa shape index (κ2) is 18.6. The summed E-state index contributed by atoms with van der Waals surface area (Å²) in [4.78, 5) is 37.4. The molecular formula is C51H60FN7O10S. The largest absolute Gasteiger partial charge is 0.489 e. The average molecular weight is 982 g/mol. The molecule has 10 rings (SSSR count). The van der Waals surface area contributed by atoms with Crippen molar-refractivity contribution in [3.8, 4) is 23.1 Å². The number of anilines is 2. The van der Waals surface area contributed by atoms with Gasteiger partial charge in [-0.2, -0.15) is 4.98 Å². The predicted molar refractivity (Wildman–Crippen MR) is 260 cm³/mol. The summed E-state index contributed by atoms with van der Waals surface area (Å²) >= 11 is 0. The number of ether oxygens (including phenoxy) is 4. The highest BCUT2D eigenvalue weighted by atomic mass is 32.2. The number of piperidine rings is 1. The minimum Gasteiger partial charge on any atom is -0.489 e. The number of methoxy groups -OCH3 is 1. The van der Waals surface area contributed by atoms with Crippen molar-refractivity contribution in [3.05, 3.63) is 99.5 Å². The summed E-state index contributed by atoms with van der Waals surface area (Å²) in [5.74, 6) is -1.31. The second-order valence-electron chi connectivity index (χ2n) is 20.4. The number of nitrogens with zero attached hydrogens (tertiary/aromatic N) is 4. The van der Waals surface area contributed by atoms with Crippen LogP contribution in [0.4, 0.5) is 21.5 Å². The number of H-pyrrole nitrogens is 1. The van der Waals surface area contributed by atoms with Gasteiger partial charge in [0.1, 0.15) is 23.8 Å². The van der Waals surface area contributed by atoms with Crippen LogP contribution in [0.5, 0.6) is 23.1 Å². The fraction of sp³-hybridized carbons (Fsp3) is 0.490. The third-order valence-corrected chi connectivity index (χ3v) is 16.8. The van der Waals surface area contributed by atoms with E-state index in [2.05, 4.69) is 67.9 Å². The molecule has 2 saturated carbocycles. The molecule has 3 aliphatic heterocycles. The lowest BCUT2D eigenvalue weighted by Gasteiger charge is -2.57. The van der Waals surface area contributed by atoms with Gasteiger partial charge in [-0.05, 0) is 98.8 Å². The van der Waals surface area contributed by atoms with E-state index in [1.165, 1.54) is 30.4 Å². The molecule has 5 heterocycles. The maximum absolute atomic E-state index is 14.9. The number of rotatable bonds is 12. The molecule has 372 valence electrons. The van der Waals surface area contributed by atoms with Crippen LogP contribution in [0.1, 0.15) is 106 Å². The van der Waals surface area contributed by atoms with E-state index in [0.717, 1.165) is 75.9 Å². The first-order valence-electron chi connectivity index (χ1n) is 24.2. The van der Waals surface area contributed by atoms with Crippen molar-refractivity contribution in [2.45, 2.75) is 107 Å². The van der Waals surface area contributed by atoms with Crippen molar-refractivity contribution in [1.82, 2.24) is 19.6 Å². The number of pyridine rings is 1. The SMILES string of the molecule is COc1nc2[nH]cc(F)c2cc1Oc1cc(N2CCC3(CC2)CC(N2CCOC[C@H]2c2ccccc2C(C)C)C3)ccc1C(=O)NS(=O)(=O)c1cc2c(c([N+](=O)[O-])c1)N[C@@H](C1CCC(C)(O)CC1)CO2. The van der Waals surface area contributed by atoms with Gasteiger partial charge in [-0.1, -0.05) is 38.1 Å². The number of nitro groups is 1. The van der Waals surface area contributed by atoms with Gasteiger partial charge in [-0.15, -0.1) is 0 Å². The Balaban J connectivity index is 0.884. The summed E-state index contributed by atoms with van der Waals surface area (Å²) in [6.07, 6.45) is 7.77. The van der Waals surface area contributed by atoms with Crippen LogP contribution in [0.15, 0.2) is 71.8 Å². The standard InChI is InChI=1S/C51H60FN7O10S/c1-30(2)35-7-5-6-8-36(35)42-29-67-20-19-58(42)33-25-51(26-33)15-17-57(18-16-51)32-9-10-37(43(21-32)69-45-24-38-39(52)27-53-47(38)55-49(45)66-4)48(60)56-70(64,65)34-22-41(59(62)63)46-44(23-34)68-28-40(54-46)31-11-13-50(3,61)14-12-31/h5-10,21-24,27,30-31,33,40,42,54,61H,11-20,25-26,28-29H2,1-4H3,(H,53,55)(H,56,60)/t31?,40-,42+,50?/m1/s1. The van der Waals surface area contributed by atoms with Gasteiger partial charge in [0.15, 0.2) is 17.2 Å². The Morgan fingerprint density at radius 1 is 1.03 bits per heavy atom. The van der Waals surface area contributed by atoms with Gasteiger partial charge >= 0.3 is 0 Å². The zero-order chi connectivity index (χ0) is 49.1. The topological polar surface area (TPSA) is 211 Å². The quantitative estimate of drug-likeness (QED) is 0.0682. The van der Waals surface area contributed by atoms with Crippen molar-refractivity contribution < 1.29 is 46.6 Å². The Morgan fingerprint density at radius 3 is 2.51 bits per heavy atom. The molecule has 1 spiro atoms. The van der Waals surface area contributed by atoms with E-state index >= 15 is 0 Å². The first-order valence-corrected chi connectivity index (χ1v) is 25.7. The van der Waals surface area contributed by atoms with Gasteiger partial charge in [0.2, 0.25) is 0 Å². The first-order chi connectivity index (χ1) is 33.5. The Kier molecular flexibility index (Phi) is 12.7. The number of aromatic nitrogens is 2. The van der Waals surface area contributed by atoms with E-state index in [-0.39, 0.29) is 75.4 Å². The van der Waals surface area contributed by atoms with E-state index in [1.807, 2.05) is 0 Å². The lowest BCUT2D eigenvalue weighted by atomic mass is 9.59. The monoisotopic (exact) mass is 981 g/mol. The van der Waals surface area contributed by atoms with Gasteiger partial charge in [0, 0.05) is 61.8 Å². The number of aromatic amines is 1. The van der Waals surface area contributed by atoms with Gasteiger partial charge in [-0.25, -0.2) is 17.5 Å². The van der Waals surface area contributed by atoms with Crippen LogP contribution in [0.25, 0.3) is 11.0 Å². The number of aliphatic hydroxyl groups is 1. The van der Waals surface area contributed by atoms with Crippen molar-refractivity contribution >= 4 is 44.0 Å². The molecule has 3 aromatic carbocycles. The minimum atomic E-state index is -4.76. The molecule has 4 N–H and O–H groups in total. The number of sulfonamides is 1. The molecule has 19 heteroatoms. The molecule has 0 bridgehead atoms. The molecule has 2 aromatic heterocycles. The fourth-order valence-electron chi connectivity index (χ4n) is 11.5. The van der Waals surface area contributed by atoms with Crippen LogP contribution in [0, 0.1) is 27.3 Å². The summed E-state index contributed by atoms with van der Waals surface area (Å²) < 4.78 is 68.9. The zero-order valence-electron chi connectivity index (χ0n) is 39.8. The Labute approximate surface area is 406 Å². The molecule has 1 amide bonds. The molecule has 2 saturated heterocycles. The molecule has 0 unspecified atom stereocenters. The molecule has 17 nitrogen and oxygen atoms in total. The van der Waals surface area contributed by atoms with Crippen molar-refractivity contribution in [2.24, 2.45) is 11.3 Å². The molecule has 4 fully saturated rings. The first kappa shape index (κ1) is 47.6. The normalized spacial score (nSPS) is 23.8. The van der Waals surface area contributed by atoms with Crippen molar-refractivity contribution in [3.63, 3.8) is 0 Å². The molecule has 5 aromatic rings. The molecule has 70 heavy (non-hydrogen) atoms. The smallest absolute Gasteiger partial charge is 0.297 e. The maximum Gasteiger partial charge on any atom is 0.297 e. The third-order valence-electron chi connectivity index (χ3n) is 15.5. The number of carbonyl (C=O) groups is 1. The summed E-state index contributed by atoms with van der Waals surface area (Å²) in [6.45, 7) is 10.1. The van der Waals surface area contributed by atoms with Crippen LogP contribution in [0.3, 0.4) is 0 Å². The van der Waals surface area contributed by atoms with Crippen LogP contribution in [-0.2, 0) is 14.8 Å². The van der Waals surface area contributed by atoms with Gasteiger partial charge in [0.25, 0.3) is 27.5 Å².